The first kappa shape index (κ1) is 18.7. The first-order valence-corrected chi connectivity index (χ1v) is 10.6. The molecule has 144 valence electrons. The molecule has 1 aromatic carbocycles. The van der Waals surface area contributed by atoms with Crippen molar-refractivity contribution in [2.75, 3.05) is 13.1 Å². The van der Waals surface area contributed by atoms with Crippen LogP contribution in [0.4, 0.5) is 0 Å². The van der Waals surface area contributed by atoms with Crippen LogP contribution in [0.15, 0.2) is 42.5 Å². The minimum atomic E-state index is 0.0764. The number of aryl methyl sites for hydroxylation is 2. The number of hydrogen-bond acceptors (Lipinski definition) is 5. The van der Waals surface area contributed by atoms with E-state index >= 15 is 0 Å². The van der Waals surface area contributed by atoms with Crippen molar-refractivity contribution in [1.82, 2.24) is 19.5 Å². The standard InChI is InChI=1S/C22H24N4OS/c1-3-19-21(28-25-24-19)22(27)26-11-9-17(10-12-26)20-14-18(13-15(2)23-20)16-7-5-4-6-8-16/h4-8,13-14,17H,3,9-12H2,1-2H3. The van der Waals surface area contributed by atoms with Gasteiger partial charge in [0.25, 0.3) is 5.91 Å². The highest BCUT2D eigenvalue weighted by Crippen LogP contribution is 2.31. The number of carbonyl (C=O) groups excluding carboxylic acids is 1. The molecule has 1 fully saturated rings. The van der Waals surface area contributed by atoms with Crippen molar-refractivity contribution < 1.29 is 4.79 Å². The monoisotopic (exact) mass is 392 g/mol. The molecule has 0 atom stereocenters. The fraction of sp³-hybridized carbons (Fsp3) is 0.364. The summed E-state index contributed by atoms with van der Waals surface area (Å²) < 4.78 is 3.95. The minimum absolute atomic E-state index is 0.0764. The fourth-order valence-corrected chi connectivity index (χ4v) is 4.54. The van der Waals surface area contributed by atoms with Crippen molar-refractivity contribution in [3.8, 4) is 11.1 Å². The lowest BCUT2D eigenvalue weighted by atomic mass is 9.91. The summed E-state index contributed by atoms with van der Waals surface area (Å²) >= 11 is 1.21. The predicted octanol–water partition coefficient (Wildman–Crippen LogP) is 4.49. The van der Waals surface area contributed by atoms with E-state index in [1.807, 2.05) is 17.9 Å². The molecule has 0 unspecified atom stereocenters. The Bertz CT molecular complexity index is 962. The zero-order valence-electron chi connectivity index (χ0n) is 16.3. The van der Waals surface area contributed by atoms with Gasteiger partial charge < -0.3 is 4.90 Å². The Hall–Kier alpha value is -2.60. The molecule has 1 aliphatic rings. The van der Waals surface area contributed by atoms with Gasteiger partial charge >= 0.3 is 0 Å². The number of pyridine rings is 1. The van der Waals surface area contributed by atoms with E-state index < -0.39 is 0 Å². The van der Waals surface area contributed by atoms with Crippen molar-refractivity contribution >= 4 is 17.4 Å². The van der Waals surface area contributed by atoms with Crippen LogP contribution >= 0.6 is 11.5 Å². The minimum Gasteiger partial charge on any atom is -0.338 e. The molecule has 0 aliphatic carbocycles. The lowest BCUT2D eigenvalue weighted by molar-refractivity contribution is 0.0715. The number of piperidine rings is 1. The number of hydrogen-bond donors (Lipinski definition) is 0. The van der Waals surface area contributed by atoms with E-state index in [4.69, 9.17) is 4.98 Å². The van der Waals surface area contributed by atoms with Crippen LogP contribution in [-0.4, -0.2) is 38.5 Å². The van der Waals surface area contributed by atoms with E-state index in [9.17, 15) is 4.79 Å². The Labute approximate surface area is 169 Å². The number of carbonyl (C=O) groups is 1. The topological polar surface area (TPSA) is 59.0 Å². The van der Waals surface area contributed by atoms with E-state index in [0.717, 1.165) is 49.4 Å². The van der Waals surface area contributed by atoms with Crippen LogP contribution in [0.3, 0.4) is 0 Å². The molecule has 4 rings (SSSR count). The molecular formula is C22H24N4OS. The molecule has 1 saturated heterocycles. The van der Waals surface area contributed by atoms with E-state index in [2.05, 4.69) is 52.9 Å². The molecule has 0 radical (unpaired) electrons. The predicted molar refractivity (Wildman–Crippen MR) is 112 cm³/mol. The van der Waals surface area contributed by atoms with Gasteiger partial charge in [0.05, 0.1) is 5.69 Å². The van der Waals surface area contributed by atoms with Crippen LogP contribution in [0.5, 0.6) is 0 Å². The Morgan fingerprint density at radius 3 is 2.61 bits per heavy atom. The average molecular weight is 393 g/mol. The number of nitrogens with zero attached hydrogens (tertiary/aromatic N) is 4. The van der Waals surface area contributed by atoms with E-state index in [-0.39, 0.29) is 5.91 Å². The van der Waals surface area contributed by atoms with Gasteiger partial charge in [-0.15, -0.1) is 5.10 Å². The zero-order chi connectivity index (χ0) is 19.5. The van der Waals surface area contributed by atoms with Gasteiger partial charge in [0.2, 0.25) is 0 Å². The Balaban J connectivity index is 1.48. The zero-order valence-corrected chi connectivity index (χ0v) is 17.1. The lowest BCUT2D eigenvalue weighted by Crippen LogP contribution is -2.38. The molecule has 0 N–H and O–H groups in total. The number of benzene rings is 1. The number of likely N-dealkylation sites (tertiary alicyclic amines) is 1. The van der Waals surface area contributed by atoms with Crippen LogP contribution in [0.1, 0.15) is 52.4 Å². The average Bonchev–Trinajstić information content (AvgIpc) is 3.22. The van der Waals surface area contributed by atoms with Gasteiger partial charge in [0, 0.05) is 30.4 Å². The summed E-state index contributed by atoms with van der Waals surface area (Å²) in [5, 5.41) is 4.07. The SMILES string of the molecule is CCc1nnsc1C(=O)N1CCC(c2cc(-c3ccccc3)cc(C)n2)CC1. The summed E-state index contributed by atoms with van der Waals surface area (Å²) in [5.41, 5.74) is 5.42. The second-order valence-corrected chi connectivity index (χ2v) is 8.01. The van der Waals surface area contributed by atoms with Gasteiger partial charge in [-0.2, -0.15) is 0 Å². The Morgan fingerprint density at radius 2 is 1.89 bits per heavy atom. The summed E-state index contributed by atoms with van der Waals surface area (Å²) in [6.07, 6.45) is 2.61. The van der Waals surface area contributed by atoms with Crippen LogP contribution in [0.2, 0.25) is 0 Å². The number of aromatic nitrogens is 3. The molecule has 1 aliphatic heterocycles. The molecular weight excluding hydrogens is 368 g/mol. The van der Waals surface area contributed by atoms with Crippen molar-refractivity contribution in [3.05, 3.63) is 64.4 Å². The van der Waals surface area contributed by atoms with Crippen molar-refractivity contribution in [1.29, 1.82) is 0 Å². The molecule has 3 heterocycles. The van der Waals surface area contributed by atoms with Gasteiger partial charge in [-0.05, 0) is 61.0 Å². The van der Waals surface area contributed by atoms with Gasteiger partial charge in [0.15, 0.2) is 0 Å². The molecule has 2 aromatic heterocycles. The van der Waals surface area contributed by atoms with Crippen molar-refractivity contribution in [3.63, 3.8) is 0 Å². The number of amides is 1. The van der Waals surface area contributed by atoms with Crippen molar-refractivity contribution in [2.45, 2.75) is 39.0 Å². The highest BCUT2D eigenvalue weighted by atomic mass is 32.1. The molecule has 5 nitrogen and oxygen atoms in total. The molecule has 0 saturated carbocycles. The Morgan fingerprint density at radius 1 is 1.14 bits per heavy atom. The van der Waals surface area contributed by atoms with E-state index in [1.165, 1.54) is 22.7 Å². The highest BCUT2D eigenvalue weighted by molar-refractivity contribution is 7.08. The quantitative estimate of drug-likeness (QED) is 0.656. The molecule has 6 heteroatoms. The van der Waals surface area contributed by atoms with Gasteiger partial charge in [-0.1, -0.05) is 41.7 Å². The smallest absolute Gasteiger partial charge is 0.267 e. The van der Waals surface area contributed by atoms with E-state index in [1.54, 1.807) is 0 Å². The summed E-state index contributed by atoms with van der Waals surface area (Å²) in [6.45, 7) is 5.56. The van der Waals surface area contributed by atoms with E-state index in [0.29, 0.717) is 10.8 Å². The third-order valence-electron chi connectivity index (χ3n) is 5.37. The Kier molecular flexibility index (Phi) is 5.48. The summed E-state index contributed by atoms with van der Waals surface area (Å²) in [5.74, 6) is 0.462. The number of rotatable bonds is 4. The van der Waals surface area contributed by atoms with Crippen LogP contribution in [-0.2, 0) is 6.42 Å². The largest absolute Gasteiger partial charge is 0.338 e. The second kappa shape index (κ2) is 8.19. The van der Waals surface area contributed by atoms with Gasteiger partial charge in [-0.3, -0.25) is 9.78 Å². The fourth-order valence-electron chi connectivity index (χ4n) is 3.82. The third kappa shape index (κ3) is 3.83. The second-order valence-electron chi connectivity index (χ2n) is 7.26. The van der Waals surface area contributed by atoms with Crippen LogP contribution in [0, 0.1) is 6.92 Å². The summed E-state index contributed by atoms with van der Waals surface area (Å²) in [4.78, 5) is 20.3. The maximum absolute atomic E-state index is 12.8. The highest BCUT2D eigenvalue weighted by Gasteiger charge is 2.28. The first-order chi connectivity index (χ1) is 13.7. The maximum atomic E-state index is 12.8. The van der Waals surface area contributed by atoms with Gasteiger partial charge in [0.1, 0.15) is 4.88 Å². The van der Waals surface area contributed by atoms with Crippen molar-refractivity contribution in [2.24, 2.45) is 0 Å². The molecule has 0 spiro atoms. The van der Waals surface area contributed by atoms with Crippen LogP contribution in [0.25, 0.3) is 11.1 Å². The molecule has 3 aromatic rings. The normalized spacial score (nSPS) is 15.0. The van der Waals surface area contributed by atoms with Crippen LogP contribution < -0.4 is 0 Å². The van der Waals surface area contributed by atoms with Gasteiger partial charge in [-0.25, -0.2) is 0 Å². The molecule has 0 bridgehead atoms. The molecule has 28 heavy (non-hydrogen) atoms. The maximum Gasteiger partial charge on any atom is 0.267 e. The third-order valence-corrected chi connectivity index (χ3v) is 6.12. The lowest BCUT2D eigenvalue weighted by Gasteiger charge is -2.31. The first-order valence-electron chi connectivity index (χ1n) is 9.80. The summed E-state index contributed by atoms with van der Waals surface area (Å²) in [7, 11) is 0. The summed E-state index contributed by atoms with van der Waals surface area (Å²) in [6, 6.07) is 14.8. The molecule has 1 amide bonds.